The summed E-state index contributed by atoms with van der Waals surface area (Å²) in [4.78, 5) is 43.8. The number of carbonyl (C=O) groups excluding carboxylic acids is 1. The second-order valence-corrected chi connectivity index (χ2v) is 7.17. The Hall–Kier alpha value is -1.42. The Labute approximate surface area is 149 Å². The molecule has 2 amide bonds. The normalized spacial score (nSPS) is 12.8. The highest BCUT2D eigenvalue weighted by Gasteiger charge is 2.35. The van der Waals surface area contributed by atoms with Gasteiger partial charge in [-0.15, -0.1) is 0 Å². The highest BCUT2D eigenvalue weighted by Crippen LogP contribution is 2.27. The number of carbonyl (C=O) groups is 2. The van der Waals surface area contributed by atoms with Crippen LogP contribution in [0.4, 0.5) is 4.79 Å². The summed E-state index contributed by atoms with van der Waals surface area (Å²) in [7, 11) is 0. The first-order valence-electron chi connectivity index (χ1n) is 8.36. The third-order valence-electron chi connectivity index (χ3n) is 3.71. The molecule has 0 spiro atoms. The van der Waals surface area contributed by atoms with Gasteiger partial charge in [-0.2, -0.15) is 9.78 Å². The first-order valence-corrected chi connectivity index (χ1v) is 8.36. The van der Waals surface area contributed by atoms with Gasteiger partial charge in [0.1, 0.15) is 0 Å². The predicted octanol–water partition coefficient (Wildman–Crippen LogP) is 3.06. The summed E-state index contributed by atoms with van der Waals surface area (Å²) in [5.74, 6) is -1.88. The smallest absolute Gasteiger partial charge is 0.423 e. The van der Waals surface area contributed by atoms with Crippen molar-refractivity contribution < 1.29 is 34.2 Å². The van der Waals surface area contributed by atoms with E-state index in [9.17, 15) is 9.59 Å². The van der Waals surface area contributed by atoms with Crippen molar-refractivity contribution in [2.45, 2.75) is 91.1 Å². The van der Waals surface area contributed by atoms with Crippen LogP contribution >= 0.6 is 0 Å². The van der Waals surface area contributed by atoms with E-state index in [0.29, 0.717) is 12.8 Å². The summed E-state index contributed by atoms with van der Waals surface area (Å²) in [5.41, 5.74) is 2.74. The number of hydrogen-bond acceptors (Lipinski definition) is 6. The number of nitrogens with one attached hydrogen (secondary N) is 2. The zero-order chi connectivity index (χ0) is 19.7. The Kier molecular flexibility index (Phi) is 9.34. The number of hydrogen-bond donors (Lipinski definition) is 3. The van der Waals surface area contributed by atoms with Crippen molar-refractivity contribution >= 4 is 12.0 Å². The molecule has 0 saturated carbocycles. The van der Waals surface area contributed by atoms with Crippen molar-refractivity contribution in [3.8, 4) is 0 Å². The Balaban J connectivity index is 4.81. The first-order chi connectivity index (χ1) is 11.3. The summed E-state index contributed by atoms with van der Waals surface area (Å²) in [5, 5.41) is 8.48. The molecule has 0 bridgehead atoms. The summed E-state index contributed by atoms with van der Waals surface area (Å²) in [6, 6.07) is 0. The summed E-state index contributed by atoms with van der Waals surface area (Å²) >= 11 is 0. The second-order valence-electron chi connectivity index (χ2n) is 7.17. The maximum absolute atomic E-state index is 11.7. The van der Waals surface area contributed by atoms with E-state index in [1.54, 1.807) is 12.3 Å². The van der Waals surface area contributed by atoms with Crippen LogP contribution in [0.25, 0.3) is 0 Å². The zero-order valence-corrected chi connectivity index (χ0v) is 16.2. The zero-order valence-electron chi connectivity index (χ0n) is 16.2. The minimum atomic E-state index is -1.36. The van der Waals surface area contributed by atoms with Crippen LogP contribution < -0.4 is 10.9 Å². The van der Waals surface area contributed by atoms with Crippen LogP contribution in [-0.2, 0) is 24.3 Å². The molecule has 0 atom stereocenters. The van der Waals surface area contributed by atoms with Gasteiger partial charge in [-0.3, -0.25) is 10.2 Å². The van der Waals surface area contributed by atoms with Crippen molar-refractivity contribution in [1.29, 1.82) is 0 Å². The van der Waals surface area contributed by atoms with Crippen LogP contribution in [0, 0.1) is 0 Å². The van der Waals surface area contributed by atoms with Gasteiger partial charge in [-0.1, -0.05) is 13.8 Å². The molecule has 9 nitrogen and oxygen atoms in total. The van der Waals surface area contributed by atoms with Gasteiger partial charge in [0.15, 0.2) is 0 Å². The van der Waals surface area contributed by atoms with Crippen LogP contribution in [0.1, 0.15) is 74.1 Å². The fraction of sp³-hybridized carbons (Fsp3) is 0.875. The molecule has 0 fully saturated rings. The van der Waals surface area contributed by atoms with Gasteiger partial charge < -0.3 is 5.11 Å². The van der Waals surface area contributed by atoms with Crippen molar-refractivity contribution in [1.82, 2.24) is 10.9 Å². The predicted molar refractivity (Wildman–Crippen MR) is 90.0 cm³/mol. The van der Waals surface area contributed by atoms with E-state index in [0.717, 1.165) is 0 Å². The molecule has 0 aromatic rings. The van der Waals surface area contributed by atoms with Gasteiger partial charge in [0, 0.05) is 12.8 Å². The van der Waals surface area contributed by atoms with Crippen LogP contribution in [0.15, 0.2) is 0 Å². The topological polar surface area (TPSA) is 115 Å². The molecule has 0 rings (SSSR count). The maximum Gasteiger partial charge on any atom is 0.423 e. The number of rotatable bonds is 11. The monoisotopic (exact) mass is 364 g/mol. The van der Waals surface area contributed by atoms with Crippen molar-refractivity contribution in [3.63, 3.8) is 0 Å². The SMILES string of the molecule is CCC(C)(C)OOC(C)(CCC(=O)NNC(=O)O)OOC(C)(C)CC. The molecule has 0 radical (unpaired) electrons. The summed E-state index contributed by atoms with van der Waals surface area (Å²) < 4.78 is 0. The molecule has 0 aromatic carbocycles. The maximum atomic E-state index is 11.7. The summed E-state index contributed by atoms with van der Waals surface area (Å²) in [6.07, 6.45) is 0.0630. The van der Waals surface area contributed by atoms with E-state index < -0.39 is 29.0 Å². The largest absolute Gasteiger partial charge is 0.464 e. The van der Waals surface area contributed by atoms with Crippen molar-refractivity contribution in [2.75, 3.05) is 0 Å². The number of amides is 2. The van der Waals surface area contributed by atoms with Gasteiger partial charge in [0.2, 0.25) is 11.7 Å². The minimum absolute atomic E-state index is 0.0669. The molecule has 25 heavy (non-hydrogen) atoms. The molecule has 0 aliphatic rings. The molecule has 0 unspecified atom stereocenters. The second kappa shape index (κ2) is 9.91. The fourth-order valence-electron chi connectivity index (χ4n) is 1.14. The van der Waals surface area contributed by atoms with E-state index in [1.807, 2.05) is 47.0 Å². The highest BCUT2D eigenvalue weighted by atomic mass is 17.3. The molecular formula is C16H32N2O7. The van der Waals surface area contributed by atoms with E-state index in [1.165, 1.54) is 0 Å². The quantitative estimate of drug-likeness (QED) is 0.293. The fourth-order valence-corrected chi connectivity index (χ4v) is 1.14. The lowest BCUT2D eigenvalue weighted by Crippen LogP contribution is -2.43. The lowest BCUT2D eigenvalue weighted by atomic mass is 10.1. The third-order valence-corrected chi connectivity index (χ3v) is 3.71. The molecule has 0 saturated heterocycles. The molecule has 0 aromatic heterocycles. The van der Waals surface area contributed by atoms with Crippen LogP contribution in [0.3, 0.4) is 0 Å². The van der Waals surface area contributed by atoms with Gasteiger partial charge in [0.25, 0.3) is 0 Å². The minimum Gasteiger partial charge on any atom is -0.464 e. The average molecular weight is 364 g/mol. The number of carboxylic acid groups (broad SMARTS) is 1. The van der Waals surface area contributed by atoms with Gasteiger partial charge in [0.05, 0.1) is 11.2 Å². The summed E-state index contributed by atoms with van der Waals surface area (Å²) in [6.45, 7) is 12.9. The Morgan fingerprint density at radius 3 is 1.64 bits per heavy atom. The van der Waals surface area contributed by atoms with E-state index >= 15 is 0 Å². The Bertz CT molecular complexity index is 418. The van der Waals surface area contributed by atoms with Gasteiger partial charge in [-0.05, 0) is 47.5 Å². The van der Waals surface area contributed by atoms with E-state index in [2.05, 4.69) is 0 Å². The molecule has 0 aliphatic heterocycles. The molecule has 3 N–H and O–H groups in total. The van der Waals surface area contributed by atoms with Crippen molar-refractivity contribution in [3.05, 3.63) is 0 Å². The van der Waals surface area contributed by atoms with Gasteiger partial charge >= 0.3 is 6.09 Å². The third kappa shape index (κ3) is 10.9. The first kappa shape index (κ1) is 23.6. The molecule has 148 valence electrons. The Morgan fingerprint density at radius 1 is 0.840 bits per heavy atom. The molecule has 0 heterocycles. The lowest BCUT2D eigenvalue weighted by molar-refractivity contribution is -0.539. The lowest BCUT2D eigenvalue weighted by Gasteiger charge is -2.34. The molecule has 0 aliphatic carbocycles. The van der Waals surface area contributed by atoms with E-state index in [-0.39, 0.29) is 12.8 Å². The van der Waals surface area contributed by atoms with E-state index in [4.69, 9.17) is 24.7 Å². The average Bonchev–Trinajstić information content (AvgIpc) is 2.55. The van der Waals surface area contributed by atoms with Crippen molar-refractivity contribution in [2.24, 2.45) is 0 Å². The molecule has 9 heteroatoms. The standard InChI is InChI=1S/C16H32N2O7/c1-8-14(3,4)22-24-16(7,25-23-15(5,6)9-2)11-10-12(19)17-18-13(20)21/h18H,8-11H2,1-7H3,(H,17,19)(H,20,21). The Morgan fingerprint density at radius 2 is 1.28 bits per heavy atom. The highest BCUT2D eigenvalue weighted by molar-refractivity contribution is 5.78. The number of hydrazine groups is 1. The van der Waals surface area contributed by atoms with Gasteiger partial charge in [-0.25, -0.2) is 20.0 Å². The van der Waals surface area contributed by atoms with Crippen LogP contribution in [0.5, 0.6) is 0 Å². The van der Waals surface area contributed by atoms with Crippen LogP contribution in [0.2, 0.25) is 0 Å². The van der Waals surface area contributed by atoms with Crippen LogP contribution in [-0.4, -0.2) is 34.1 Å². The molecular weight excluding hydrogens is 332 g/mol.